The van der Waals surface area contributed by atoms with E-state index in [9.17, 15) is 0 Å². The van der Waals surface area contributed by atoms with Gasteiger partial charge >= 0.3 is 0 Å². The quantitative estimate of drug-likeness (QED) is 0.682. The van der Waals surface area contributed by atoms with E-state index in [1.807, 2.05) is 6.07 Å². The highest BCUT2D eigenvalue weighted by molar-refractivity contribution is 5.70. The average Bonchev–Trinajstić information content (AvgIpc) is 2.45. The van der Waals surface area contributed by atoms with Gasteiger partial charge in [-0.05, 0) is 47.6 Å². The summed E-state index contributed by atoms with van der Waals surface area (Å²) in [7, 11) is 0. The van der Waals surface area contributed by atoms with E-state index in [1.54, 1.807) is 0 Å². The summed E-state index contributed by atoms with van der Waals surface area (Å²) >= 11 is 0. The van der Waals surface area contributed by atoms with Gasteiger partial charge in [-0.25, -0.2) is 0 Å². The zero-order valence-electron chi connectivity index (χ0n) is 11.4. The van der Waals surface area contributed by atoms with Gasteiger partial charge in [0.15, 0.2) is 0 Å². The lowest BCUT2D eigenvalue weighted by atomic mass is 9.92. The summed E-state index contributed by atoms with van der Waals surface area (Å²) in [5.41, 5.74) is 5.53. The largest absolute Gasteiger partial charge is 0.0654 e. The minimum atomic E-state index is 1.04. The van der Waals surface area contributed by atoms with Crippen LogP contribution in [-0.2, 0) is 12.8 Å². The summed E-state index contributed by atoms with van der Waals surface area (Å²) in [4.78, 5) is 0. The standard InChI is InChI=1S/C18H21/c1-3-5-10-16-12-7-9-14-18(16)17-13-8-6-11-15(17)4-2/h6-9,12-14H,3-5,10H2,1-2H3. The van der Waals surface area contributed by atoms with Gasteiger partial charge in [0.1, 0.15) is 0 Å². The third-order valence-corrected chi connectivity index (χ3v) is 3.40. The molecule has 93 valence electrons. The van der Waals surface area contributed by atoms with Gasteiger partial charge in [-0.1, -0.05) is 62.7 Å². The van der Waals surface area contributed by atoms with E-state index >= 15 is 0 Å². The van der Waals surface area contributed by atoms with Crippen molar-refractivity contribution < 1.29 is 0 Å². The molecule has 0 amide bonds. The zero-order chi connectivity index (χ0) is 12.8. The van der Waals surface area contributed by atoms with Crippen molar-refractivity contribution in [1.82, 2.24) is 0 Å². The molecule has 0 atom stereocenters. The molecule has 18 heavy (non-hydrogen) atoms. The van der Waals surface area contributed by atoms with Crippen LogP contribution in [0.2, 0.25) is 0 Å². The minimum absolute atomic E-state index is 1.04. The van der Waals surface area contributed by atoms with Crippen molar-refractivity contribution >= 4 is 0 Å². The fourth-order valence-corrected chi connectivity index (χ4v) is 2.38. The number of benzene rings is 2. The lowest BCUT2D eigenvalue weighted by Gasteiger charge is -2.12. The van der Waals surface area contributed by atoms with E-state index in [4.69, 9.17) is 0 Å². The molecule has 0 aliphatic heterocycles. The Morgan fingerprint density at radius 2 is 1.72 bits per heavy atom. The van der Waals surface area contributed by atoms with E-state index < -0.39 is 0 Å². The number of rotatable bonds is 5. The molecule has 0 N–H and O–H groups in total. The maximum absolute atomic E-state index is 3.37. The predicted molar refractivity (Wildman–Crippen MR) is 78.7 cm³/mol. The first-order valence-electron chi connectivity index (χ1n) is 6.94. The average molecular weight is 237 g/mol. The fraction of sp³-hybridized carbons (Fsp3) is 0.333. The lowest BCUT2D eigenvalue weighted by molar-refractivity contribution is 0.796. The summed E-state index contributed by atoms with van der Waals surface area (Å²) in [6, 6.07) is 18.5. The van der Waals surface area contributed by atoms with Crippen LogP contribution in [0, 0.1) is 6.07 Å². The molecular weight excluding hydrogens is 216 g/mol. The molecule has 0 aromatic heterocycles. The Bertz CT molecular complexity index is 497. The number of unbranched alkanes of at least 4 members (excludes halogenated alkanes) is 1. The third-order valence-electron chi connectivity index (χ3n) is 3.40. The SMILES string of the molecule is CCCCc1ccccc1-c1ccc[c]c1CC. The smallest absolute Gasteiger partial charge is 0.0143 e. The maximum atomic E-state index is 3.37. The Balaban J connectivity index is 2.43. The summed E-state index contributed by atoms with van der Waals surface area (Å²) in [5.74, 6) is 0. The highest BCUT2D eigenvalue weighted by Gasteiger charge is 2.07. The molecular formula is C18H21. The molecule has 0 heteroatoms. The van der Waals surface area contributed by atoms with Crippen LogP contribution in [0.4, 0.5) is 0 Å². The van der Waals surface area contributed by atoms with E-state index in [0.717, 1.165) is 6.42 Å². The highest BCUT2D eigenvalue weighted by atomic mass is 14.1. The van der Waals surface area contributed by atoms with E-state index in [-0.39, 0.29) is 0 Å². The first-order valence-corrected chi connectivity index (χ1v) is 6.94. The molecule has 0 nitrogen and oxygen atoms in total. The molecule has 0 saturated heterocycles. The molecule has 0 bridgehead atoms. The lowest BCUT2D eigenvalue weighted by Crippen LogP contribution is -1.93. The van der Waals surface area contributed by atoms with Gasteiger partial charge in [-0.3, -0.25) is 0 Å². The fourth-order valence-electron chi connectivity index (χ4n) is 2.38. The highest BCUT2D eigenvalue weighted by Crippen LogP contribution is 2.28. The molecule has 0 spiro atoms. The van der Waals surface area contributed by atoms with Crippen LogP contribution in [0.5, 0.6) is 0 Å². The van der Waals surface area contributed by atoms with Gasteiger partial charge in [0.05, 0.1) is 0 Å². The number of aryl methyl sites for hydroxylation is 2. The number of hydrogen-bond donors (Lipinski definition) is 0. The van der Waals surface area contributed by atoms with Crippen LogP contribution in [-0.4, -0.2) is 0 Å². The molecule has 0 aliphatic carbocycles. The summed E-state index contributed by atoms with van der Waals surface area (Å²) in [6.45, 7) is 4.44. The summed E-state index contributed by atoms with van der Waals surface area (Å²) in [5, 5.41) is 0. The van der Waals surface area contributed by atoms with Gasteiger partial charge < -0.3 is 0 Å². The van der Waals surface area contributed by atoms with Crippen molar-refractivity contribution in [3.8, 4) is 11.1 Å². The first kappa shape index (κ1) is 12.9. The topological polar surface area (TPSA) is 0 Å². The Hall–Kier alpha value is -1.56. The second-order valence-electron chi connectivity index (χ2n) is 4.68. The molecule has 2 aromatic carbocycles. The molecule has 0 heterocycles. The van der Waals surface area contributed by atoms with Gasteiger partial charge in [-0.15, -0.1) is 0 Å². The van der Waals surface area contributed by atoms with E-state index in [2.05, 4.69) is 56.3 Å². The molecule has 0 fully saturated rings. The zero-order valence-corrected chi connectivity index (χ0v) is 11.4. The van der Waals surface area contributed by atoms with Crippen molar-refractivity contribution in [2.75, 3.05) is 0 Å². The van der Waals surface area contributed by atoms with E-state index in [0.29, 0.717) is 0 Å². The van der Waals surface area contributed by atoms with Crippen LogP contribution in [0.15, 0.2) is 42.5 Å². The monoisotopic (exact) mass is 237 g/mol. The van der Waals surface area contributed by atoms with Gasteiger partial charge in [-0.2, -0.15) is 0 Å². The van der Waals surface area contributed by atoms with Crippen molar-refractivity contribution in [2.24, 2.45) is 0 Å². The van der Waals surface area contributed by atoms with Crippen molar-refractivity contribution in [1.29, 1.82) is 0 Å². The number of hydrogen-bond acceptors (Lipinski definition) is 0. The second-order valence-corrected chi connectivity index (χ2v) is 4.68. The van der Waals surface area contributed by atoms with Gasteiger partial charge in [0.25, 0.3) is 0 Å². The van der Waals surface area contributed by atoms with Gasteiger partial charge in [0.2, 0.25) is 0 Å². The van der Waals surface area contributed by atoms with Crippen molar-refractivity contribution in [3.63, 3.8) is 0 Å². The molecule has 1 radical (unpaired) electrons. The maximum Gasteiger partial charge on any atom is -0.0143 e. The molecule has 0 unspecified atom stereocenters. The second kappa shape index (κ2) is 6.39. The molecule has 0 saturated carbocycles. The Morgan fingerprint density at radius 1 is 0.944 bits per heavy atom. The van der Waals surface area contributed by atoms with Crippen molar-refractivity contribution in [2.45, 2.75) is 39.5 Å². The van der Waals surface area contributed by atoms with Crippen LogP contribution >= 0.6 is 0 Å². The Morgan fingerprint density at radius 3 is 2.50 bits per heavy atom. The Kier molecular flexibility index (Phi) is 4.58. The van der Waals surface area contributed by atoms with E-state index in [1.165, 1.54) is 41.5 Å². The van der Waals surface area contributed by atoms with Crippen LogP contribution in [0.1, 0.15) is 37.8 Å². The van der Waals surface area contributed by atoms with Crippen LogP contribution in [0.25, 0.3) is 11.1 Å². The van der Waals surface area contributed by atoms with Crippen molar-refractivity contribution in [3.05, 3.63) is 59.7 Å². The summed E-state index contributed by atoms with van der Waals surface area (Å²) in [6.07, 6.45) is 4.72. The van der Waals surface area contributed by atoms with Crippen LogP contribution < -0.4 is 0 Å². The van der Waals surface area contributed by atoms with Crippen LogP contribution in [0.3, 0.4) is 0 Å². The van der Waals surface area contributed by atoms with Gasteiger partial charge in [0, 0.05) is 0 Å². The minimum Gasteiger partial charge on any atom is -0.0654 e. The normalized spacial score (nSPS) is 10.6. The molecule has 2 rings (SSSR count). The Labute approximate surface area is 111 Å². The first-order chi connectivity index (χ1) is 8.86. The summed E-state index contributed by atoms with van der Waals surface area (Å²) < 4.78 is 0. The predicted octanol–water partition coefficient (Wildman–Crippen LogP) is 5.06. The molecule has 0 aliphatic rings. The molecule has 2 aromatic rings. The third kappa shape index (κ3) is 2.81.